The van der Waals surface area contributed by atoms with E-state index in [4.69, 9.17) is 0 Å². The maximum absolute atomic E-state index is 10.0. The molecular formula is C14H22BrNO. The number of hydrogen-bond acceptors (Lipinski definition) is 2. The van der Waals surface area contributed by atoms with Gasteiger partial charge in [0.05, 0.1) is 0 Å². The first-order valence-corrected chi connectivity index (χ1v) is 6.65. The average Bonchev–Trinajstić information content (AvgIpc) is 2.10. The van der Waals surface area contributed by atoms with Gasteiger partial charge in [0.25, 0.3) is 0 Å². The maximum Gasteiger partial charge on any atom is 0.123 e. The summed E-state index contributed by atoms with van der Waals surface area (Å²) in [6.07, 6.45) is 0. The lowest BCUT2D eigenvalue weighted by atomic mass is 9.96. The zero-order valence-corrected chi connectivity index (χ0v) is 12.9. The highest BCUT2D eigenvalue weighted by Gasteiger charge is 2.15. The van der Waals surface area contributed by atoms with Crippen LogP contribution >= 0.6 is 15.9 Å². The van der Waals surface area contributed by atoms with E-state index in [0.717, 1.165) is 28.7 Å². The Labute approximate surface area is 113 Å². The standard InChI is InChI=1S/C14H22BrNO/c1-10-6-12(15)7-11(13(10)17)8-16(5)9-14(2,3)4/h6-7,17H,8-9H2,1-5H3. The topological polar surface area (TPSA) is 23.5 Å². The van der Waals surface area contributed by atoms with Crippen molar-refractivity contribution in [2.24, 2.45) is 5.41 Å². The fourth-order valence-electron chi connectivity index (χ4n) is 2.08. The predicted octanol–water partition coefficient (Wildman–Crippen LogP) is 3.94. The number of phenolic OH excluding ortho intramolecular Hbond substituents is 1. The fourth-order valence-corrected chi connectivity index (χ4v) is 2.70. The molecule has 96 valence electrons. The smallest absolute Gasteiger partial charge is 0.123 e. The fraction of sp³-hybridized carbons (Fsp3) is 0.571. The van der Waals surface area contributed by atoms with Crippen molar-refractivity contribution in [1.29, 1.82) is 0 Å². The molecule has 1 rings (SSSR count). The molecule has 17 heavy (non-hydrogen) atoms. The summed E-state index contributed by atoms with van der Waals surface area (Å²) in [5, 5.41) is 10.0. The quantitative estimate of drug-likeness (QED) is 0.914. The van der Waals surface area contributed by atoms with Crippen LogP contribution in [0.5, 0.6) is 5.75 Å². The van der Waals surface area contributed by atoms with E-state index in [1.165, 1.54) is 0 Å². The number of halogens is 1. The van der Waals surface area contributed by atoms with E-state index in [-0.39, 0.29) is 5.41 Å². The van der Waals surface area contributed by atoms with Crippen molar-refractivity contribution in [1.82, 2.24) is 4.90 Å². The van der Waals surface area contributed by atoms with Crippen molar-refractivity contribution in [2.45, 2.75) is 34.2 Å². The van der Waals surface area contributed by atoms with Crippen LogP contribution in [0.2, 0.25) is 0 Å². The molecule has 1 aromatic carbocycles. The van der Waals surface area contributed by atoms with Gasteiger partial charge in [0, 0.05) is 23.1 Å². The summed E-state index contributed by atoms with van der Waals surface area (Å²) in [5.74, 6) is 0.411. The first-order chi connectivity index (χ1) is 7.69. The molecule has 1 aromatic rings. The van der Waals surface area contributed by atoms with Crippen molar-refractivity contribution in [2.75, 3.05) is 13.6 Å². The van der Waals surface area contributed by atoms with E-state index >= 15 is 0 Å². The summed E-state index contributed by atoms with van der Waals surface area (Å²) in [4.78, 5) is 2.24. The van der Waals surface area contributed by atoms with Gasteiger partial charge in [-0.05, 0) is 37.1 Å². The zero-order valence-electron chi connectivity index (χ0n) is 11.3. The lowest BCUT2D eigenvalue weighted by molar-refractivity contribution is 0.219. The molecule has 0 spiro atoms. The summed E-state index contributed by atoms with van der Waals surface area (Å²) in [5.41, 5.74) is 2.16. The molecule has 2 nitrogen and oxygen atoms in total. The normalized spacial score (nSPS) is 12.2. The Morgan fingerprint density at radius 1 is 1.29 bits per heavy atom. The Kier molecular flexibility index (Phi) is 4.62. The Bertz CT molecular complexity index is 396. The molecule has 0 aliphatic heterocycles. The molecule has 0 atom stereocenters. The van der Waals surface area contributed by atoms with Gasteiger partial charge in [0.15, 0.2) is 0 Å². The van der Waals surface area contributed by atoms with Crippen LogP contribution in [-0.2, 0) is 6.54 Å². The molecule has 0 amide bonds. The molecule has 0 bridgehead atoms. The van der Waals surface area contributed by atoms with Crippen LogP contribution in [0.25, 0.3) is 0 Å². The summed E-state index contributed by atoms with van der Waals surface area (Å²) >= 11 is 3.47. The number of nitrogens with zero attached hydrogens (tertiary/aromatic N) is 1. The summed E-state index contributed by atoms with van der Waals surface area (Å²) in [6.45, 7) is 10.3. The first-order valence-electron chi connectivity index (χ1n) is 5.85. The van der Waals surface area contributed by atoms with Crippen LogP contribution < -0.4 is 0 Å². The summed E-state index contributed by atoms with van der Waals surface area (Å²) in [6, 6.07) is 3.92. The molecule has 0 heterocycles. The number of phenols is 1. The number of hydrogen-bond donors (Lipinski definition) is 1. The second kappa shape index (κ2) is 5.40. The number of rotatable bonds is 3. The lowest BCUT2D eigenvalue weighted by Gasteiger charge is -2.27. The second-order valence-corrected chi connectivity index (χ2v) is 6.88. The van der Waals surface area contributed by atoms with E-state index in [2.05, 4.69) is 48.6 Å². The minimum absolute atomic E-state index is 0.269. The van der Waals surface area contributed by atoms with Gasteiger partial charge in [-0.15, -0.1) is 0 Å². The molecule has 0 aliphatic carbocycles. The van der Waals surface area contributed by atoms with Gasteiger partial charge in [-0.1, -0.05) is 36.7 Å². The number of aromatic hydroxyl groups is 1. The van der Waals surface area contributed by atoms with E-state index in [1.807, 2.05) is 19.1 Å². The maximum atomic E-state index is 10.0. The van der Waals surface area contributed by atoms with Crippen LogP contribution in [0.4, 0.5) is 0 Å². The number of benzene rings is 1. The van der Waals surface area contributed by atoms with Crippen molar-refractivity contribution in [3.05, 3.63) is 27.7 Å². The molecule has 0 aliphatic rings. The summed E-state index contributed by atoms with van der Waals surface area (Å²) < 4.78 is 1.02. The van der Waals surface area contributed by atoms with Gasteiger partial charge in [-0.25, -0.2) is 0 Å². The zero-order chi connectivity index (χ0) is 13.2. The number of aryl methyl sites for hydroxylation is 1. The third kappa shape index (κ3) is 4.68. The van der Waals surface area contributed by atoms with Crippen molar-refractivity contribution >= 4 is 15.9 Å². The van der Waals surface area contributed by atoms with Gasteiger partial charge < -0.3 is 10.0 Å². The molecule has 0 saturated heterocycles. The van der Waals surface area contributed by atoms with Gasteiger partial charge in [0.1, 0.15) is 5.75 Å². The largest absolute Gasteiger partial charge is 0.507 e. The van der Waals surface area contributed by atoms with Crippen LogP contribution in [-0.4, -0.2) is 23.6 Å². The van der Waals surface area contributed by atoms with Crippen LogP contribution in [0.15, 0.2) is 16.6 Å². The molecule has 0 unspecified atom stereocenters. The molecule has 0 radical (unpaired) electrons. The molecule has 1 N–H and O–H groups in total. The minimum atomic E-state index is 0.269. The van der Waals surface area contributed by atoms with Crippen LogP contribution in [0.3, 0.4) is 0 Å². The Balaban J connectivity index is 2.81. The van der Waals surface area contributed by atoms with Gasteiger partial charge in [-0.2, -0.15) is 0 Å². The van der Waals surface area contributed by atoms with Crippen molar-refractivity contribution in [3.63, 3.8) is 0 Å². The SMILES string of the molecule is Cc1cc(Br)cc(CN(C)CC(C)(C)C)c1O. The van der Waals surface area contributed by atoms with E-state index in [9.17, 15) is 5.11 Å². The average molecular weight is 300 g/mol. The lowest BCUT2D eigenvalue weighted by Crippen LogP contribution is -2.28. The highest BCUT2D eigenvalue weighted by Crippen LogP contribution is 2.28. The molecule has 0 fully saturated rings. The third-order valence-corrected chi connectivity index (χ3v) is 2.99. The van der Waals surface area contributed by atoms with E-state index < -0.39 is 0 Å². The first kappa shape index (κ1) is 14.5. The van der Waals surface area contributed by atoms with Crippen LogP contribution in [0.1, 0.15) is 31.9 Å². The highest BCUT2D eigenvalue weighted by atomic mass is 79.9. The Morgan fingerprint density at radius 3 is 2.41 bits per heavy atom. The van der Waals surface area contributed by atoms with E-state index in [0.29, 0.717) is 5.75 Å². The van der Waals surface area contributed by atoms with E-state index in [1.54, 1.807) is 0 Å². The monoisotopic (exact) mass is 299 g/mol. The predicted molar refractivity (Wildman–Crippen MR) is 76.3 cm³/mol. The Hall–Kier alpha value is -0.540. The molecule has 0 saturated carbocycles. The Morgan fingerprint density at radius 2 is 1.88 bits per heavy atom. The van der Waals surface area contributed by atoms with Crippen LogP contribution in [0, 0.1) is 12.3 Å². The van der Waals surface area contributed by atoms with Crippen molar-refractivity contribution in [3.8, 4) is 5.75 Å². The van der Waals surface area contributed by atoms with Gasteiger partial charge in [0.2, 0.25) is 0 Å². The molecule has 3 heteroatoms. The van der Waals surface area contributed by atoms with Crippen molar-refractivity contribution < 1.29 is 5.11 Å². The van der Waals surface area contributed by atoms with Gasteiger partial charge in [-0.3, -0.25) is 0 Å². The molecular weight excluding hydrogens is 278 g/mol. The third-order valence-electron chi connectivity index (χ3n) is 2.53. The highest BCUT2D eigenvalue weighted by molar-refractivity contribution is 9.10. The van der Waals surface area contributed by atoms with Gasteiger partial charge >= 0.3 is 0 Å². The molecule has 0 aromatic heterocycles. The summed E-state index contributed by atoms with van der Waals surface area (Å²) in [7, 11) is 2.08. The minimum Gasteiger partial charge on any atom is -0.507 e. The second-order valence-electron chi connectivity index (χ2n) is 5.96.